The van der Waals surface area contributed by atoms with Crippen molar-refractivity contribution in [1.82, 2.24) is 10.3 Å². The molecular formula is C26H33FN2O8. The summed E-state index contributed by atoms with van der Waals surface area (Å²) in [4.78, 5) is 40.9. The number of rotatable bonds is 12. The van der Waals surface area contributed by atoms with Crippen LogP contribution in [0.3, 0.4) is 0 Å². The Kier molecular flexibility index (Phi) is 10.6. The number of methoxy groups -OCH3 is 2. The van der Waals surface area contributed by atoms with Gasteiger partial charge in [-0.1, -0.05) is 19.9 Å². The van der Waals surface area contributed by atoms with E-state index in [1.807, 2.05) is 13.8 Å². The van der Waals surface area contributed by atoms with Crippen molar-refractivity contribution in [1.29, 1.82) is 0 Å². The highest BCUT2D eigenvalue weighted by molar-refractivity contribution is 5.98. The molecule has 2 rings (SSSR count). The summed E-state index contributed by atoms with van der Waals surface area (Å²) in [5.74, 6) is -2.22. The number of hydrogen-bond donors (Lipinski definition) is 1. The average molecular weight is 521 g/mol. The van der Waals surface area contributed by atoms with Crippen LogP contribution in [0.25, 0.3) is 0 Å². The van der Waals surface area contributed by atoms with Gasteiger partial charge in [0.1, 0.15) is 23.7 Å². The highest BCUT2D eigenvalue weighted by atomic mass is 19.1. The molecule has 11 heteroatoms. The van der Waals surface area contributed by atoms with E-state index in [0.717, 1.165) is 0 Å². The van der Waals surface area contributed by atoms with Gasteiger partial charge in [0.05, 0.1) is 14.2 Å². The van der Waals surface area contributed by atoms with Crippen LogP contribution in [0, 0.1) is 11.7 Å². The van der Waals surface area contributed by atoms with Gasteiger partial charge in [-0.3, -0.25) is 9.59 Å². The summed E-state index contributed by atoms with van der Waals surface area (Å²) in [5.41, 5.74) is 0.529. The van der Waals surface area contributed by atoms with Crippen LogP contribution >= 0.6 is 0 Å². The maximum atomic E-state index is 13.7. The number of hydrogen-bond acceptors (Lipinski definition) is 9. The normalized spacial score (nSPS) is 13.2. The van der Waals surface area contributed by atoms with E-state index in [1.165, 1.54) is 52.5 Å². The predicted octanol–water partition coefficient (Wildman–Crippen LogP) is 3.63. The van der Waals surface area contributed by atoms with E-state index in [4.69, 9.17) is 23.7 Å². The van der Waals surface area contributed by atoms with Crippen LogP contribution in [0.4, 0.5) is 4.39 Å². The maximum Gasteiger partial charge on any atom is 0.328 e. The number of carbonyl (C=O) groups excluding carboxylic acids is 3. The Balaban J connectivity index is 2.16. The molecule has 0 bridgehead atoms. The number of carbonyl (C=O) groups is 3. The van der Waals surface area contributed by atoms with E-state index >= 15 is 0 Å². The van der Waals surface area contributed by atoms with Crippen molar-refractivity contribution in [2.24, 2.45) is 5.92 Å². The summed E-state index contributed by atoms with van der Waals surface area (Å²) in [6.07, 6.45) is 0.713. The maximum absolute atomic E-state index is 13.7. The molecule has 0 aliphatic rings. The minimum absolute atomic E-state index is 0.0185. The molecule has 1 N–H and O–H groups in total. The number of esters is 2. The smallest absolute Gasteiger partial charge is 0.328 e. The molecule has 0 radical (unpaired) electrons. The largest absolute Gasteiger partial charge is 0.496 e. The number of halogens is 1. The molecule has 0 saturated carbocycles. The van der Waals surface area contributed by atoms with Crippen LogP contribution in [0.2, 0.25) is 0 Å². The standard InChI is InChI=1S/C26H33FN2O8/c1-14(2)22(19-9-8-18(27)12-21(19)34-7)16(4)37-26(32)15(3)29-25(31)23-24(36-13-35-17(5)30)20(33-6)10-11-28-23/h8-12,14-16,22H,13H2,1-7H3,(H,29,31)/t15-,16-,22+/m0/s1. The summed E-state index contributed by atoms with van der Waals surface area (Å²) in [7, 11) is 2.82. The second-order valence-electron chi connectivity index (χ2n) is 8.58. The van der Waals surface area contributed by atoms with Gasteiger partial charge in [-0.2, -0.15) is 0 Å². The lowest BCUT2D eigenvalue weighted by molar-refractivity contribution is -0.152. The van der Waals surface area contributed by atoms with Gasteiger partial charge in [-0.25, -0.2) is 14.2 Å². The molecule has 0 aliphatic heterocycles. The minimum atomic E-state index is -1.05. The second-order valence-corrected chi connectivity index (χ2v) is 8.58. The van der Waals surface area contributed by atoms with Gasteiger partial charge < -0.3 is 29.0 Å². The van der Waals surface area contributed by atoms with Crippen molar-refractivity contribution in [2.75, 3.05) is 21.0 Å². The van der Waals surface area contributed by atoms with Gasteiger partial charge in [0, 0.05) is 36.7 Å². The molecule has 2 aromatic rings. The Hall–Kier alpha value is -3.89. The molecule has 0 spiro atoms. The number of ether oxygens (including phenoxy) is 5. The summed E-state index contributed by atoms with van der Waals surface area (Å²) in [6.45, 7) is 7.85. The van der Waals surface area contributed by atoms with Crippen LogP contribution in [0.1, 0.15) is 56.6 Å². The lowest BCUT2D eigenvalue weighted by Gasteiger charge is -2.30. The fourth-order valence-electron chi connectivity index (χ4n) is 3.86. The first-order valence-corrected chi connectivity index (χ1v) is 11.6. The van der Waals surface area contributed by atoms with Crippen molar-refractivity contribution in [3.05, 3.63) is 47.5 Å². The van der Waals surface area contributed by atoms with E-state index in [1.54, 1.807) is 13.0 Å². The first-order chi connectivity index (χ1) is 17.5. The highest BCUT2D eigenvalue weighted by Crippen LogP contribution is 2.36. The van der Waals surface area contributed by atoms with Crippen molar-refractivity contribution < 1.29 is 42.5 Å². The predicted molar refractivity (Wildman–Crippen MR) is 131 cm³/mol. The van der Waals surface area contributed by atoms with Gasteiger partial charge in [0.25, 0.3) is 5.91 Å². The fourth-order valence-corrected chi connectivity index (χ4v) is 3.86. The van der Waals surface area contributed by atoms with E-state index in [2.05, 4.69) is 10.3 Å². The lowest BCUT2D eigenvalue weighted by atomic mass is 9.84. The Bertz CT molecular complexity index is 1110. The van der Waals surface area contributed by atoms with Gasteiger partial charge in [0.2, 0.25) is 6.79 Å². The summed E-state index contributed by atoms with van der Waals surface area (Å²) in [6, 6.07) is 4.64. The molecule has 37 heavy (non-hydrogen) atoms. The molecule has 202 valence electrons. The van der Waals surface area contributed by atoms with Crippen molar-refractivity contribution in [2.45, 2.75) is 52.7 Å². The Labute approximate surface area is 215 Å². The number of aromatic nitrogens is 1. The van der Waals surface area contributed by atoms with E-state index < -0.39 is 42.6 Å². The molecule has 1 amide bonds. The zero-order chi connectivity index (χ0) is 27.7. The monoisotopic (exact) mass is 520 g/mol. The van der Waals surface area contributed by atoms with Crippen molar-refractivity contribution >= 4 is 17.8 Å². The first-order valence-electron chi connectivity index (χ1n) is 11.6. The molecule has 1 aromatic heterocycles. The minimum Gasteiger partial charge on any atom is -0.496 e. The summed E-state index contributed by atoms with van der Waals surface area (Å²) in [5, 5.41) is 2.54. The third-order valence-corrected chi connectivity index (χ3v) is 5.55. The zero-order valence-electron chi connectivity index (χ0n) is 22.0. The van der Waals surface area contributed by atoms with Crippen LogP contribution in [-0.4, -0.2) is 56.0 Å². The Morgan fingerprint density at radius 2 is 1.70 bits per heavy atom. The number of nitrogens with zero attached hydrogens (tertiary/aromatic N) is 1. The van der Waals surface area contributed by atoms with Crippen LogP contribution in [0.5, 0.6) is 17.2 Å². The SMILES string of the molecule is COc1cc(F)ccc1[C@H](C(C)C)[C@H](C)OC(=O)[C@H](C)NC(=O)c1nccc(OC)c1OCOC(C)=O. The topological polar surface area (TPSA) is 122 Å². The summed E-state index contributed by atoms with van der Waals surface area (Å²) >= 11 is 0. The van der Waals surface area contributed by atoms with E-state index in [-0.39, 0.29) is 29.0 Å². The van der Waals surface area contributed by atoms with E-state index in [9.17, 15) is 18.8 Å². The molecule has 1 heterocycles. The molecule has 0 aliphatic carbocycles. The van der Waals surface area contributed by atoms with Gasteiger partial charge in [0.15, 0.2) is 17.2 Å². The summed E-state index contributed by atoms with van der Waals surface area (Å²) < 4.78 is 40.1. The fraction of sp³-hybridized carbons (Fsp3) is 0.462. The first kappa shape index (κ1) is 29.3. The quantitative estimate of drug-likeness (QED) is 0.330. The Morgan fingerprint density at radius 1 is 1.03 bits per heavy atom. The molecule has 0 fully saturated rings. The molecule has 0 saturated heterocycles. The molecule has 1 aromatic carbocycles. The van der Waals surface area contributed by atoms with Crippen LogP contribution < -0.4 is 19.5 Å². The lowest BCUT2D eigenvalue weighted by Crippen LogP contribution is -2.42. The number of benzene rings is 1. The van der Waals surface area contributed by atoms with Crippen LogP contribution in [-0.2, 0) is 19.1 Å². The van der Waals surface area contributed by atoms with Crippen LogP contribution in [0.15, 0.2) is 30.5 Å². The zero-order valence-corrected chi connectivity index (χ0v) is 22.0. The highest BCUT2D eigenvalue weighted by Gasteiger charge is 2.31. The molecule has 0 unspecified atom stereocenters. The third kappa shape index (κ3) is 7.80. The second kappa shape index (κ2) is 13.4. The third-order valence-electron chi connectivity index (χ3n) is 5.55. The van der Waals surface area contributed by atoms with Gasteiger partial charge in [-0.15, -0.1) is 0 Å². The molecular weight excluding hydrogens is 487 g/mol. The average Bonchev–Trinajstić information content (AvgIpc) is 2.84. The van der Waals surface area contributed by atoms with Crippen molar-refractivity contribution in [3.63, 3.8) is 0 Å². The number of pyridine rings is 1. The Morgan fingerprint density at radius 3 is 2.30 bits per heavy atom. The number of amides is 1. The number of nitrogens with one attached hydrogen (secondary N) is 1. The molecule has 3 atom stereocenters. The van der Waals surface area contributed by atoms with Gasteiger partial charge in [-0.05, 0) is 25.8 Å². The molecule has 10 nitrogen and oxygen atoms in total. The van der Waals surface area contributed by atoms with Crippen molar-refractivity contribution in [3.8, 4) is 17.2 Å². The van der Waals surface area contributed by atoms with Gasteiger partial charge >= 0.3 is 11.9 Å². The van der Waals surface area contributed by atoms with E-state index in [0.29, 0.717) is 11.3 Å².